The van der Waals surface area contributed by atoms with E-state index < -0.39 is 4.92 Å². The number of nitro groups is 1. The summed E-state index contributed by atoms with van der Waals surface area (Å²) in [6.07, 6.45) is 2.10. The Kier molecular flexibility index (Phi) is 2.85. The summed E-state index contributed by atoms with van der Waals surface area (Å²) >= 11 is 0. The highest BCUT2D eigenvalue weighted by Crippen LogP contribution is 2.29. The molecule has 0 spiro atoms. The monoisotopic (exact) mass is 222 g/mol. The standard InChI is InChI=1S/C11H11FN2O2/c12-9-4-3-7-13(8-9)10-5-1-2-6-11(10)14(15)16/h1-2,4-6H,3,7-8H2. The molecule has 0 aromatic heterocycles. The van der Waals surface area contributed by atoms with Crippen LogP contribution in [0.1, 0.15) is 6.42 Å². The molecule has 2 rings (SSSR count). The first kappa shape index (κ1) is 10.6. The molecule has 0 fully saturated rings. The number of halogens is 1. The minimum Gasteiger partial charge on any atom is -0.359 e. The third-order valence-electron chi connectivity index (χ3n) is 2.53. The molecule has 0 saturated carbocycles. The van der Waals surface area contributed by atoms with Gasteiger partial charge in [0.2, 0.25) is 0 Å². The molecule has 4 nitrogen and oxygen atoms in total. The maximum Gasteiger partial charge on any atom is 0.292 e. The fourth-order valence-corrected chi connectivity index (χ4v) is 1.79. The quantitative estimate of drug-likeness (QED) is 0.570. The van der Waals surface area contributed by atoms with Gasteiger partial charge in [-0.2, -0.15) is 0 Å². The van der Waals surface area contributed by atoms with Crippen molar-refractivity contribution in [2.75, 3.05) is 18.0 Å². The van der Waals surface area contributed by atoms with Crippen LogP contribution in [0.5, 0.6) is 0 Å². The first-order valence-electron chi connectivity index (χ1n) is 5.01. The first-order chi connectivity index (χ1) is 7.68. The summed E-state index contributed by atoms with van der Waals surface area (Å²) in [6, 6.07) is 6.42. The van der Waals surface area contributed by atoms with Gasteiger partial charge in [-0.05, 0) is 18.6 Å². The van der Waals surface area contributed by atoms with Crippen molar-refractivity contribution in [1.29, 1.82) is 0 Å². The fourth-order valence-electron chi connectivity index (χ4n) is 1.79. The van der Waals surface area contributed by atoms with Gasteiger partial charge in [0.15, 0.2) is 0 Å². The van der Waals surface area contributed by atoms with Gasteiger partial charge in [0.05, 0.1) is 11.5 Å². The van der Waals surface area contributed by atoms with Crippen LogP contribution in [0.15, 0.2) is 36.2 Å². The fraction of sp³-hybridized carbons (Fsp3) is 0.273. The SMILES string of the molecule is O=[N+]([O-])c1ccccc1N1CCC=C(F)C1. The molecule has 16 heavy (non-hydrogen) atoms. The summed E-state index contributed by atoms with van der Waals surface area (Å²) in [6.45, 7) is 0.725. The molecule has 0 aliphatic carbocycles. The summed E-state index contributed by atoms with van der Waals surface area (Å²) in [7, 11) is 0. The van der Waals surface area contributed by atoms with E-state index in [0.717, 1.165) is 0 Å². The molecule has 0 saturated heterocycles. The van der Waals surface area contributed by atoms with E-state index in [-0.39, 0.29) is 18.1 Å². The summed E-state index contributed by atoms with van der Waals surface area (Å²) in [5.41, 5.74) is 0.507. The zero-order valence-corrected chi connectivity index (χ0v) is 8.60. The van der Waals surface area contributed by atoms with Crippen molar-refractivity contribution in [3.05, 3.63) is 46.3 Å². The largest absolute Gasteiger partial charge is 0.359 e. The van der Waals surface area contributed by atoms with Crippen LogP contribution in [0.2, 0.25) is 0 Å². The molecule has 0 amide bonds. The van der Waals surface area contributed by atoms with Gasteiger partial charge in [-0.3, -0.25) is 10.1 Å². The van der Waals surface area contributed by atoms with Crippen molar-refractivity contribution in [2.24, 2.45) is 0 Å². The zero-order chi connectivity index (χ0) is 11.5. The molecule has 0 atom stereocenters. The van der Waals surface area contributed by atoms with Crippen LogP contribution < -0.4 is 4.90 Å². The van der Waals surface area contributed by atoms with Gasteiger partial charge < -0.3 is 4.90 Å². The lowest BCUT2D eigenvalue weighted by Gasteiger charge is -2.26. The number of rotatable bonds is 2. The van der Waals surface area contributed by atoms with E-state index in [1.54, 1.807) is 23.1 Å². The van der Waals surface area contributed by atoms with Crippen molar-refractivity contribution in [3.63, 3.8) is 0 Å². The Morgan fingerprint density at radius 1 is 1.38 bits per heavy atom. The number of benzene rings is 1. The van der Waals surface area contributed by atoms with E-state index in [1.165, 1.54) is 12.1 Å². The summed E-state index contributed by atoms with van der Waals surface area (Å²) < 4.78 is 13.1. The van der Waals surface area contributed by atoms with Gasteiger partial charge in [0.25, 0.3) is 5.69 Å². The van der Waals surface area contributed by atoms with Crippen molar-refractivity contribution in [3.8, 4) is 0 Å². The highest BCUT2D eigenvalue weighted by Gasteiger charge is 2.21. The van der Waals surface area contributed by atoms with Crippen LogP contribution >= 0.6 is 0 Å². The van der Waals surface area contributed by atoms with E-state index in [2.05, 4.69) is 0 Å². The number of anilines is 1. The van der Waals surface area contributed by atoms with Gasteiger partial charge >= 0.3 is 0 Å². The lowest BCUT2D eigenvalue weighted by atomic mass is 10.2. The molecule has 1 aliphatic rings. The van der Waals surface area contributed by atoms with E-state index in [4.69, 9.17) is 0 Å². The van der Waals surface area contributed by atoms with E-state index in [0.29, 0.717) is 18.7 Å². The maximum atomic E-state index is 13.1. The van der Waals surface area contributed by atoms with Gasteiger partial charge in [-0.15, -0.1) is 0 Å². The van der Waals surface area contributed by atoms with Crippen molar-refractivity contribution in [1.82, 2.24) is 0 Å². The molecular formula is C11H11FN2O2. The lowest BCUT2D eigenvalue weighted by Crippen LogP contribution is -2.29. The van der Waals surface area contributed by atoms with E-state index >= 15 is 0 Å². The Morgan fingerprint density at radius 3 is 2.81 bits per heavy atom. The lowest BCUT2D eigenvalue weighted by molar-refractivity contribution is -0.384. The maximum absolute atomic E-state index is 13.1. The van der Waals surface area contributed by atoms with Crippen LogP contribution in [0.3, 0.4) is 0 Å². The topological polar surface area (TPSA) is 46.4 Å². The predicted octanol–water partition coefficient (Wildman–Crippen LogP) is 2.66. The predicted molar refractivity (Wildman–Crippen MR) is 59.1 cm³/mol. The molecule has 0 bridgehead atoms. The molecule has 0 unspecified atom stereocenters. The van der Waals surface area contributed by atoms with Crippen LogP contribution in [0.4, 0.5) is 15.8 Å². The summed E-state index contributed by atoms with van der Waals surface area (Å²) in [5.74, 6) is -0.232. The minimum atomic E-state index is -0.439. The average Bonchev–Trinajstić information content (AvgIpc) is 2.29. The molecule has 1 aromatic rings. The Bertz CT molecular complexity index is 445. The smallest absolute Gasteiger partial charge is 0.292 e. The Morgan fingerprint density at radius 2 is 2.12 bits per heavy atom. The van der Waals surface area contributed by atoms with Crippen LogP contribution in [-0.2, 0) is 0 Å². The average molecular weight is 222 g/mol. The molecule has 1 aliphatic heterocycles. The van der Waals surface area contributed by atoms with E-state index in [1.807, 2.05) is 0 Å². The van der Waals surface area contributed by atoms with Gasteiger partial charge in [0, 0.05) is 12.6 Å². The zero-order valence-electron chi connectivity index (χ0n) is 8.60. The van der Waals surface area contributed by atoms with Crippen LogP contribution in [-0.4, -0.2) is 18.0 Å². The van der Waals surface area contributed by atoms with Gasteiger partial charge in [-0.25, -0.2) is 4.39 Å². The van der Waals surface area contributed by atoms with E-state index in [9.17, 15) is 14.5 Å². The molecule has 5 heteroatoms. The summed E-state index contributed by atoms with van der Waals surface area (Å²) in [4.78, 5) is 12.1. The van der Waals surface area contributed by atoms with Crippen LogP contribution in [0, 0.1) is 10.1 Å². The number of hydrogen-bond acceptors (Lipinski definition) is 3. The number of para-hydroxylation sites is 2. The molecule has 1 aromatic carbocycles. The summed E-state index contributed by atoms with van der Waals surface area (Å²) in [5, 5.41) is 10.8. The molecule has 0 N–H and O–H groups in total. The van der Waals surface area contributed by atoms with Crippen molar-refractivity contribution >= 4 is 11.4 Å². The molecular weight excluding hydrogens is 211 g/mol. The number of hydrogen-bond donors (Lipinski definition) is 0. The third-order valence-corrected chi connectivity index (χ3v) is 2.53. The Labute approximate surface area is 92.1 Å². The minimum absolute atomic E-state index is 0.0252. The second kappa shape index (κ2) is 4.30. The van der Waals surface area contributed by atoms with Gasteiger partial charge in [0.1, 0.15) is 11.5 Å². The molecule has 1 heterocycles. The highest BCUT2D eigenvalue weighted by molar-refractivity contribution is 5.63. The second-order valence-electron chi connectivity index (χ2n) is 3.61. The normalized spacial score (nSPS) is 15.8. The van der Waals surface area contributed by atoms with Gasteiger partial charge in [-0.1, -0.05) is 12.1 Å². The third kappa shape index (κ3) is 2.03. The highest BCUT2D eigenvalue weighted by atomic mass is 19.1. The Balaban J connectivity index is 2.33. The number of nitrogens with zero attached hydrogens (tertiary/aromatic N) is 2. The second-order valence-corrected chi connectivity index (χ2v) is 3.61. The van der Waals surface area contributed by atoms with Crippen LogP contribution in [0.25, 0.3) is 0 Å². The van der Waals surface area contributed by atoms with Crippen molar-refractivity contribution < 1.29 is 9.31 Å². The Hall–Kier alpha value is -1.91. The molecule has 0 radical (unpaired) electrons. The first-order valence-corrected chi connectivity index (χ1v) is 5.01. The van der Waals surface area contributed by atoms with Crippen molar-refractivity contribution in [2.45, 2.75) is 6.42 Å². The number of nitro benzene ring substituents is 1. The molecule has 84 valence electrons.